The molecule has 0 atom stereocenters. The van der Waals surface area contributed by atoms with Gasteiger partial charge in [-0.1, -0.05) is 66.2 Å². The molecule has 3 nitrogen and oxygen atoms in total. The normalized spacial score (nSPS) is 10.1. The van der Waals surface area contributed by atoms with Gasteiger partial charge in [-0.2, -0.15) is 0 Å². The van der Waals surface area contributed by atoms with E-state index < -0.39 is 0 Å². The maximum Gasteiger partial charge on any atom is 0.124 e. The van der Waals surface area contributed by atoms with Crippen LogP contribution in [0, 0.1) is 0 Å². The van der Waals surface area contributed by atoms with Gasteiger partial charge in [0, 0.05) is 34.8 Å². The SMILES string of the molecule is COc1ccccc1CNCc1ccccc1OCc1ccccc1Cl.Cl. The van der Waals surface area contributed by atoms with Crippen LogP contribution in [0.4, 0.5) is 0 Å². The first-order valence-electron chi connectivity index (χ1n) is 8.54. The van der Waals surface area contributed by atoms with Crippen LogP contribution >= 0.6 is 24.0 Å². The van der Waals surface area contributed by atoms with E-state index in [1.807, 2.05) is 60.7 Å². The van der Waals surface area contributed by atoms with E-state index in [-0.39, 0.29) is 12.4 Å². The van der Waals surface area contributed by atoms with Crippen molar-refractivity contribution in [2.24, 2.45) is 0 Å². The Hall–Kier alpha value is -2.20. The fourth-order valence-corrected chi connectivity index (χ4v) is 2.93. The molecule has 0 bridgehead atoms. The predicted molar refractivity (Wildman–Crippen MR) is 113 cm³/mol. The van der Waals surface area contributed by atoms with Crippen LogP contribution in [0.2, 0.25) is 5.02 Å². The van der Waals surface area contributed by atoms with Crippen molar-refractivity contribution in [3.63, 3.8) is 0 Å². The van der Waals surface area contributed by atoms with Gasteiger partial charge in [-0.05, 0) is 18.2 Å². The molecule has 0 saturated heterocycles. The molecule has 0 radical (unpaired) electrons. The van der Waals surface area contributed by atoms with Crippen molar-refractivity contribution in [1.82, 2.24) is 5.32 Å². The average molecular weight is 404 g/mol. The minimum atomic E-state index is 0. The summed E-state index contributed by atoms with van der Waals surface area (Å²) in [6.07, 6.45) is 0. The molecular formula is C22H23Cl2NO2. The van der Waals surface area contributed by atoms with E-state index in [0.717, 1.165) is 39.8 Å². The Bertz CT molecular complexity index is 855. The summed E-state index contributed by atoms with van der Waals surface area (Å²) < 4.78 is 11.4. The molecule has 142 valence electrons. The summed E-state index contributed by atoms with van der Waals surface area (Å²) in [5.74, 6) is 1.75. The average Bonchev–Trinajstić information content (AvgIpc) is 2.68. The monoisotopic (exact) mass is 403 g/mol. The highest BCUT2D eigenvalue weighted by molar-refractivity contribution is 6.31. The van der Waals surface area contributed by atoms with Crippen molar-refractivity contribution in [2.75, 3.05) is 7.11 Å². The number of nitrogens with one attached hydrogen (secondary N) is 1. The molecule has 3 aromatic carbocycles. The van der Waals surface area contributed by atoms with E-state index in [2.05, 4.69) is 17.4 Å². The minimum Gasteiger partial charge on any atom is -0.496 e. The molecule has 0 heterocycles. The van der Waals surface area contributed by atoms with Crippen molar-refractivity contribution in [3.05, 3.63) is 94.5 Å². The van der Waals surface area contributed by atoms with Gasteiger partial charge < -0.3 is 14.8 Å². The molecule has 0 amide bonds. The highest BCUT2D eigenvalue weighted by Gasteiger charge is 2.06. The first-order chi connectivity index (χ1) is 12.8. The Morgan fingerprint density at radius 3 is 1.89 bits per heavy atom. The molecule has 3 aromatic rings. The fourth-order valence-electron chi connectivity index (χ4n) is 2.74. The quantitative estimate of drug-likeness (QED) is 0.527. The van der Waals surface area contributed by atoms with Gasteiger partial charge in [0.25, 0.3) is 0 Å². The van der Waals surface area contributed by atoms with Crippen molar-refractivity contribution < 1.29 is 9.47 Å². The summed E-state index contributed by atoms with van der Waals surface area (Å²) >= 11 is 6.21. The zero-order chi connectivity index (χ0) is 18.2. The maximum absolute atomic E-state index is 6.21. The highest BCUT2D eigenvalue weighted by atomic mass is 35.5. The van der Waals surface area contributed by atoms with Crippen molar-refractivity contribution in [1.29, 1.82) is 0 Å². The maximum atomic E-state index is 6.21. The number of ether oxygens (including phenoxy) is 2. The molecule has 0 unspecified atom stereocenters. The van der Waals surface area contributed by atoms with E-state index in [0.29, 0.717) is 13.2 Å². The van der Waals surface area contributed by atoms with Gasteiger partial charge >= 0.3 is 0 Å². The van der Waals surface area contributed by atoms with E-state index >= 15 is 0 Å². The zero-order valence-corrected chi connectivity index (χ0v) is 16.7. The second kappa shape index (κ2) is 10.8. The van der Waals surface area contributed by atoms with Gasteiger partial charge in [0.1, 0.15) is 18.1 Å². The van der Waals surface area contributed by atoms with Crippen molar-refractivity contribution >= 4 is 24.0 Å². The van der Waals surface area contributed by atoms with Crippen LogP contribution in [0.3, 0.4) is 0 Å². The summed E-state index contributed by atoms with van der Waals surface area (Å²) in [6.45, 7) is 1.88. The topological polar surface area (TPSA) is 30.5 Å². The van der Waals surface area contributed by atoms with Gasteiger partial charge in [-0.25, -0.2) is 0 Å². The van der Waals surface area contributed by atoms with Crippen LogP contribution in [-0.4, -0.2) is 7.11 Å². The molecule has 0 aliphatic carbocycles. The number of rotatable bonds is 8. The number of methoxy groups -OCH3 is 1. The first-order valence-corrected chi connectivity index (χ1v) is 8.92. The number of benzene rings is 3. The van der Waals surface area contributed by atoms with Gasteiger partial charge in [0.2, 0.25) is 0 Å². The molecule has 3 rings (SSSR count). The molecule has 0 saturated carbocycles. The molecule has 0 aromatic heterocycles. The zero-order valence-electron chi connectivity index (χ0n) is 15.2. The molecule has 5 heteroatoms. The largest absolute Gasteiger partial charge is 0.496 e. The third-order valence-electron chi connectivity index (χ3n) is 4.14. The van der Waals surface area contributed by atoms with Crippen LogP contribution < -0.4 is 14.8 Å². The summed E-state index contributed by atoms with van der Waals surface area (Å²) in [5.41, 5.74) is 3.21. The van der Waals surface area contributed by atoms with E-state index in [4.69, 9.17) is 21.1 Å². The Kier molecular flexibility index (Phi) is 8.46. The molecule has 27 heavy (non-hydrogen) atoms. The number of hydrogen-bond acceptors (Lipinski definition) is 3. The third kappa shape index (κ3) is 5.90. The third-order valence-corrected chi connectivity index (χ3v) is 4.51. The van der Waals surface area contributed by atoms with Gasteiger partial charge in [-0.15, -0.1) is 12.4 Å². The summed E-state index contributed by atoms with van der Waals surface area (Å²) in [7, 11) is 1.69. The Balaban J connectivity index is 0.00000261. The number of halogens is 2. The lowest BCUT2D eigenvalue weighted by atomic mass is 10.1. The second-order valence-electron chi connectivity index (χ2n) is 5.90. The summed E-state index contributed by atoms with van der Waals surface area (Å²) in [4.78, 5) is 0. The predicted octanol–water partition coefficient (Wildman–Crippen LogP) is 5.64. The van der Waals surface area contributed by atoms with Crippen molar-refractivity contribution in [3.8, 4) is 11.5 Å². The smallest absolute Gasteiger partial charge is 0.124 e. The lowest BCUT2D eigenvalue weighted by Gasteiger charge is -2.14. The Labute approximate surface area is 171 Å². The number of hydrogen-bond donors (Lipinski definition) is 1. The lowest BCUT2D eigenvalue weighted by Crippen LogP contribution is -2.14. The summed E-state index contributed by atoms with van der Waals surface area (Å²) in [6, 6.07) is 23.8. The van der Waals surface area contributed by atoms with Gasteiger partial charge in [0.05, 0.1) is 7.11 Å². The summed E-state index contributed by atoms with van der Waals surface area (Å²) in [5, 5.41) is 4.18. The Morgan fingerprint density at radius 2 is 1.26 bits per heavy atom. The fraction of sp³-hybridized carbons (Fsp3) is 0.182. The lowest BCUT2D eigenvalue weighted by molar-refractivity contribution is 0.302. The standard InChI is InChI=1S/C22H22ClNO2.ClH/c1-25-21-12-6-3-8-17(21)14-24-15-18-9-4-7-13-22(18)26-16-19-10-2-5-11-20(19)23;/h2-13,24H,14-16H2,1H3;1H. The first kappa shape index (κ1) is 21.1. The van der Waals surface area contributed by atoms with Crippen LogP contribution in [0.5, 0.6) is 11.5 Å². The molecule has 0 spiro atoms. The Morgan fingerprint density at radius 1 is 0.741 bits per heavy atom. The highest BCUT2D eigenvalue weighted by Crippen LogP contribution is 2.22. The van der Waals surface area contributed by atoms with E-state index in [1.165, 1.54) is 0 Å². The molecule has 1 N–H and O–H groups in total. The van der Waals surface area contributed by atoms with Crippen molar-refractivity contribution in [2.45, 2.75) is 19.7 Å². The van der Waals surface area contributed by atoms with Gasteiger partial charge in [-0.3, -0.25) is 0 Å². The van der Waals surface area contributed by atoms with Gasteiger partial charge in [0.15, 0.2) is 0 Å². The number of para-hydroxylation sites is 2. The second-order valence-corrected chi connectivity index (χ2v) is 6.31. The van der Waals surface area contributed by atoms with E-state index in [1.54, 1.807) is 7.11 Å². The minimum absolute atomic E-state index is 0. The van der Waals surface area contributed by atoms with Crippen LogP contribution in [0.1, 0.15) is 16.7 Å². The van der Waals surface area contributed by atoms with Crippen LogP contribution in [-0.2, 0) is 19.7 Å². The van der Waals surface area contributed by atoms with E-state index in [9.17, 15) is 0 Å². The van der Waals surface area contributed by atoms with Crippen LogP contribution in [0.25, 0.3) is 0 Å². The van der Waals surface area contributed by atoms with Crippen LogP contribution in [0.15, 0.2) is 72.8 Å². The molecule has 0 aliphatic rings. The molecule has 0 aliphatic heterocycles. The molecular weight excluding hydrogens is 381 g/mol. The molecule has 0 fully saturated rings.